The van der Waals surface area contributed by atoms with Gasteiger partial charge in [0.2, 0.25) is 5.91 Å². The van der Waals surface area contributed by atoms with E-state index in [1.165, 1.54) is 0 Å². The van der Waals surface area contributed by atoms with E-state index in [0.717, 1.165) is 4.47 Å². The average Bonchev–Trinajstić information content (AvgIpc) is 2.69. The van der Waals surface area contributed by atoms with Crippen molar-refractivity contribution in [1.29, 1.82) is 0 Å². The van der Waals surface area contributed by atoms with E-state index in [-0.39, 0.29) is 25.4 Å². The number of hydrogen-bond donors (Lipinski definition) is 2. The van der Waals surface area contributed by atoms with Gasteiger partial charge in [0.25, 0.3) is 5.91 Å². The van der Waals surface area contributed by atoms with Crippen LogP contribution in [0.1, 0.15) is 19.3 Å². The van der Waals surface area contributed by atoms with Crippen LogP contribution in [0.2, 0.25) is 0 Å². The van der Waals surface area contributed by atoms with Gasteiger partial charge in [-0.1, -0.05) is 15.9 Å². The van der Waals surface area contributed by atoms with Gasteiger partial charge in [-0.2, -0.15) is 0 Å². The van der Waals surface area contributed by atoms with Gasteiger partial charge < -0.3 is 20.1 Å². The number of carbonyl (C=O) groups is 3. The zero-order valence-electron chi connectivity index (χ0n) is 15.4. The molecule has 0 heterocycles. The fraction of sp³-hybridized carbons (Fsp3) is 0.250. The third-order valence-electron chi connectivity index (χ3n) is 3.65. The van der Waals surface area contributed by atoms with Crippen molar-refractivity contribution in [2.24, 2.45) is 0 Å². The second-order valence-corrected chi connectivity index (χ2v) is 6.76. The number of benzene rings is 2. The smallest absolute Gasteiger partial charge is 0.306 e. The first kappa shape index (κ1) is 21.4. The van der Waals surface area contributed by atoms with Gasteiger partial charge in [-0.15, -0.1) is 0 Å². The van der Waals surface area contributed by atoms with Crippen LogP contribution in [0.15, 0.2) is 53.0 Å². The van der Waals surface area contributed by atoms with Crippen LogP contribution in [0, 0.1) is 0 Å². The van der Waals surface area contributed by atoms with E-state index in [1.54, 1.807) is 43.5 Å². The van der Waals surface area contributed by atoms with Crippen molar-refractivity contribution in [2.45, 2.75) is 19.3 Å². The van der Waals surface area contributed by atoms with Crippen molar-refractivity contribution in [3.05, 3.63) is 53.0 Å². The minimum atomic E-state index is -0.527. The zero-order valence-corrected chi connectivity index (χ0v) is 17.0. The van der Waals surface area contributed by atoms with Gasteiger partial charge >= 0.3 is 5.97 Å². The number of carbonyl (C=O) groups excluding carboxylic acids is 3. The lowest BCUT2D eigenvalue weighted by Gasteiger charge is -2.08. The predicted molar refractivity (Wildman–Crippen MR) is 109 cm³/mol. The Morgan fingerprint density at radius 3 is 2.04 bits per heavy atom. The molecule has 0 saturated carbocycles. The number of esters is 1. The Balaban J connectivity index is 1.61. The maximum Gasteiger partial charge on any atom is 0.306 e. The van der Waals surface area contributed by atoms with Crippen LogP contribution in [0.4, 0.5) is 11.4 Å². The summed E-state index contributed by atoms with van der Waals surface area (Å²) in [6.07, 6.45) is 0.577. The zero-order chi connectivity index (χ0) is 20.4. The van der Waals surface area contributed by atoms with Crippen LogP contribution in [-0.4, -0.2) is 31.5 Å². The molecular weight excluding hydrogens is 428 g/mol. The second-order valence-electron chi connectivity index (χ2n) is 5.85. The first-order valence-corrected chi connectivity index (χ1v) is 9.40. The molecule has 2 N–H and O–H groups in total. The highest BCUT2D eigenvalue weighted by molar-refractivity contribution is 9.10. The summed E-state index contributed by atoms with van der Waals surface area (Å²) >= 11 is 3.32. The molecule has 0 spiro atoms. The number of rotatable bonds is 9. The summed E-state index contributed by atoms with van der Waals surface area (Å²) in [7, 11) is 1.55. The monoisotopic (exact) mass is 448 g/mol. The number of hydrogen-bond acceptors (Lipinski definition) is 5. The largest absolute Gasteiger partial charge is 0.497 e. The maximum absolute atomic E-state index is 11.8. The van der Waals surface area contributed by atoms with Gasteiger partial charge in [-0.25, -0.2) is 0 Å². The number of ether oxygens (including phenoxy) is 2. The molecular formula is C20H21BrN2O5. The first-order chi connectivity index (χ1) is 13.5. The molecule has 2 rings (SSSR count). The fourth-order valence-corrected chi connectivity index (χ4v) is 2.50. The molecule has 2 aromatic rings. The Morgan fingerprint density at radius 1 is 0.857 bits per heavy atom. The number of amides is 2. The van der Waals surface area contributed by atoms with Crippen molar-refractivity contribution in [2.75, 3.05) is 24.4 Å². The third kappa shape index (κ3) is 7.79. The Morgan fingerprint density at radius 2 is 1.43 bits per heavy atom. The Kier molecular flexibility index (Phi) is 8.48. The molecule has 2 amide bonds. The lowest BCUT2D eigenvalue weighted by atomic mass is 10.2. The summed E-state index contributed by atoms with van der Waals surface area (Å²) in [5, 5.41) is 5.36. The molecule has 0 unspecified atom stereocenters. The van der Waals surface area contributed by atoms with E-state index in [0.29, 0.717) is 23.5 Å². The normalized spacial score (nSPS) is 10.1. The first-order valence-electron chi connectivity index (χ1n) is 8.61. The quantitative estimate of drug-likeness (QED) is 0.569. The summed E-state index contributed by atoms with van der Waals surface area (Å²) in [4.78, 5) is 35.3. The van der Waals surface area contributed by atoms with Gasteiger partial charge in [-0.05, 0) is 55.0 Å². The summed E-state index contributed by atoms with van der Waals surface area (Å²) in [6.45, 7) is -0.379. The molecule has 0 aliphatic heterocycles. The topological polar surface area (TPSA) is 93.7 Å². The summed E-state index contributed by atoms with van der Waals surface area (Å²) in [5.41, 5.74) is 1.26. The van der Waals surface area contributed by atoms with Crippen LogP contribution in [0.3, 0.4) is 0 Å². The van der Waals surface area contributed by atoms with Crippen LogP contribution < -0.4 is 15.4 Å². The van der Waals surface area contributed by atoms with Crippen LogP contribution in [0.5, 0.6) is 5.75 Å². The Labute approximate surface area is 171 Å². The average molecular weight is 449 g/mol. The fourth-order valence-electron chi connectivity index (χ4n) is 2.24. The lowest BCUT2D eigenvalue weighted by molar-refractivity contribution is -0.147. The molecule has 0 atom stereocenters. The lowest BCUT2D eigenvalue weighted by Crippen LogP contribution is -2.21. The SMILES string of the molecule is COc1ccc(NC(=O)COC(=O)CCCC(=O)Nc2ccc(Br)cc2)cc1. The van der Waals surface area contributed by atoms with Crippen molar-refractivity contribution in [1.82, 2.24) is 0 Å². The van der Waals surface area contributed by atoms with Gasteiger partial charge in [0.05, 0.1) is 7.11 Å². The number of anilines is 2. The van der Waals surface area contributed by atoms with Crippen molar-refractivity contribution in [3.63, 3.8) is 0 Å². The van der Waals surface area contributed by atoms with Crippen molar-refractivity contribution in [3.8, 4) is 5.75 Å². The molecule has 0 aliphatic rings. The second kappa shape index (κ2) is 11.1. The van der Waals surface area contributed by atoms with E-state index in [4.69, 9.17) is 9.47 Å². The van der Waals surface area contributed by atoms with Gasteiger partial charge in [0.15, 0.2) is 6.61 Å². The van der Waals surface area contributed by atoms with Crippen LogP contribution >= 0.6 is 15.9 Å². The van der Waals surface area contributed by atoms with Crippen LogP contribution in [-0.2, 0) is 19.1 Å². The summed E-state index contributed by atoms with van der Waals surface area (Å²) in [5.74, 6) is -0.478. The third-order valence-corrected chi connectivity index (χ3v) is 4.18. The molecule has 0 aliphatic carbocycles. The van der Waals surface area contributed by atoms with E-state index in [1.807, 2.05) is 12.1 Å². The Hall–Kier alpha value is -2.87. The highest BCUT2D eigenvalue weighted by Crippen LogP contribution is 2.15. The molecule has 148 valence electrons. The molecule has 0 fully saturated rings. The molecule has 7 nitrogen and oxygen atoms in total. The summed E-state index contributed by atoms with van der Waals surface area (Å²) in [6, 6.07) is 14.0. The van der Waals surface area contributed by atoms with E-state index in [2.05, 4.69) is 26.6 Å². The molecule has 0 radical (unpaired) electrons. The minimum absolute atomic E-state index is 0.0591. The van der Waals surface area contributed by atoms with E-state index in [9.17, 15) is 14.4 Å². The number of methoxy groups -OCH3 is 1. The van der Waals surface area contributed by atoms with Gasteiger partial charge in [0, 0.05) is 28.7 Å². The highest BCUT2D eigenvalue weighted by Gasteiger charge is 2.10. The standard InChI is InChI=1S/C20H21BrN2O5/c1-27-17-11-9-16(10-12-17)23-19(25)13-28-20(26)4-2-3-18(24)22-15-7-5-14(21)6-8-15/h5-12H,2-4,13H2,1H3,(H,22,24)(H,23,25). The van der Waals surface area contributed by atoms with Crippen molar-refractivity contribution >= 4 is 45.1 Å². The molecule has 0 aromatic heterocycles. The maximum atomic E-state index is 11.8. The molecule has 2 aromatic carbocycles. The van der Waals surface area contributed by atoms with Crippen molar-refractivity contribution < 1.29 is 23.9 Å². The number of halogens is 1. The summed E-state index contributed by atoms with van der Waals surface area (Å²) < 4.78 is 10.9. The molecule has 28 heavy (non-hydrogen) atoms. The Bertz CT molecular complexity index is 806. The predicted octanol–water partition coefficient (Wildman–Crippen LogP) is 3.75. The van der Waals surface area contributed by atoms with Gasteiger partial charge in [-0.3, -0.25) is 14.4 Å². The highest BCUT2D eigenvalue weighted by atomic mass is 79.9. The molecule has 0 bridgehead atoms. The minimum Gasteiger partial charge on any atom is -0.497 e. The van der Waals surface area contributed by atoms with Crippen LogP contribution in [0.25, 0.3) is 0 Å². The number of nitrogens with one attached hydrogen (secondary N) is 2. The van der Waals surface area contributed by atoms with Gasteiger partial charge in [0.1, 0.15) is 5.75 Å². The molecule has 0 saturated heterocycles. The van der Waals surface area contributed by atoms with E-state index < -0.39 is 11.9 Å². The van der Waals surface area contributed by atoms with E-state index >= 15 is 0 Å². The molecule has 8 heteroatoms.